The topological polar surface area (TPSA) is 41.5 Å². The smallest absolute Gasteiger partial charge is 0.430 e. The third-order valence-electron chi connectivity index (χ3n) is 5.03. The first-order valence-electron chi connectivity index (χ1n) is 10.1. The fourth-order valence-corrected chi connectivity index (χ4v) is 3.37. The van der Waals surface area contributed by atoms with Gasteiger partial charge in [0.1, 0.15) is 23.8 Å². The summed E-state index contributed by atoms with van der Waals surface area (Å²) in [5.41, 5.74) is 2.13. The maximum absolute atomic E-state index is 13.2. The lowest BCUT2D eigenvalue weighted by molar-refractivity contribution is -0.0959. The van der Waals surface area contributed by atoms with E-state index in [1.54, 1.807) is 18.2 Å². The lowest BCUT2D eigenvalue weighted by Crippen LogP contribution is -2.23. The zero-order valence-corrected chi connectivity index (χ0v) is 18.9. The number of hydrogen-bond acceptors (Lipinski definition) is 3. The van der Waals surface area contributed by atoms with Crippen molar-refractivity contribution in [1.29, 1.82) is 0 Å². The summed E-state index contributed by atoms with van der Waals surface area (Å²) in [6.45, 7) is 5.89. The van der Waals surface area contributed by atoms with Crippen LogP contribution in [0.25, 0.3) is 16.7 Å². The number of benzene rings is 3. The quantitative estimate of drug-likeness (QED) is 0.354. The van der Waals surface area contributed by atoms with Gasteiger partial charge >= 0.3 is 6.18 Å². The largest absolute Gasteiger partial charge is 0.507 e. The van der Waals surface area contributed by atoms with Gasteiger partial charge in [-0.15, -0.1) is 0 Å². The fourth-order valence-electron chi connectivity index (χ4n) is 3.24. The number of nitrogens with one attached hydrogen (secondary N) is 1. The second-order valence-corrected chi connectivity index (χ2v) is 7.88. The first-order chi connectivity index (χ1) is 15.6. The summed E-state index contributed by atoms with van der Waals surface area (Å²) in [5.74, 6) is 0.169. The zero-order valence-electron chi connectivity index (χ0n) is 18.1. The van der Waals surface area contributed by atoms with Gasteiger partial charge in [-0.1, -0.05) is 60.1 Å². The van der Waals surface area contributed by atoms with Crippen LogP contribution < -0.4 is 10.1 Å². The highest BCUT2D eigenvalue weighted by Gasteiger charge is 2.33. The van der Waals surface area contributed by atoms with Gasteiger partial charge in [0.15, 0.2) is 0 Å². The van der Waals surface area contributed by atoms with E-state index in [2.05, 4.69) is 11.9 Å². The SMILES string of the molecule is C=C(/C=C(\NC)C(F)(F)F)c1ccc(OCc2ccc(Cl)cc2)c(-c2ccc(C)cc2)c1O. The van der Waals surface area contributed by atoms with Crippen LogP contribution in [0, 0.1) is 6.92 Å². The van der Waals surface area contributed by atoms with Crippen molar-refractivity contribution < 1.29 is 23.0 Å². The lowest BCUT2D eigenvalue weighted by atomic mass is 9.96. The van der Waals surface area contributed by atoms with E-state index in [-0.39, 0.29) is 23.5 Å². The lowest BCUT2D eigenvalue weighted by Gasteiger charge is -2.18. The van der Waals surface area contributed by atoms with E-state index >= 15 is 0 Å². The second kappa shape index (κ2) is 10.0. The van der Waals surface area contributed by atoms with Gasteiger partial charge in [0.25, 0.3) is 0 Å². The van der Waals surface area contributed by atoms with Gasteiger partial charge in [-0.2, -0.15) is 13.2 Å². The molecule has 0 saturated heterocycles. The summed E-state index contributed by atoms with van der Waals surface area (Å²) in [7, 11) is 1.18. The number of halogens is 4. The van der Waals surface area contributed by atoms with Crippen LogP contribution in [0.5, 0.6) is 11.5 Å². The highest BCUT2D eigenvalue weighted by molar-refractivity contribution is 6.30. The number of allylic oxidation sites excluding steroid dienone is 3. The third-order valence-corrected chi connectivity index (χ3v) is 5.28. The number of phenols is 1. The van der Waals surface area contributed by atoms with Crippen LogP contribution in [0.1, 0.15) is 16.7 Å². The molecule has 172 valence electrons. The molecule has 0 bridgehead atoms. The molecule has 0 aliphatic carbocycles. The Bertz CT molecular complexity index is 1170. The van der Waals surface area contributed by atoms with Crippen molar-refractivity contribution in [3.8, 4) is 22.6 Å². The molecule has 3 rings (SSSR count). The molecule has 0 heterocycles. The number of alkyl halides is 3. The molecular weight excluding hydrogens is 451 g/mol. The second-order valence-electron chi connectivity index (χ2n) is 7.45. The Balaban J connectivity index is 2.04. The molecule has 0 spiro atoms. The van der Waals surface area contributed by atoms with Crippen LogP contribution in [-0.4, -0.2) is 18.3 Å². The molecule has 2 N–H and O–H groups in total. The van der Waals surface area contributed by atoms with Crippen molar-refractivity contribution in [2.45, 2.75) is 19.7 Å². The van der Waals surface area contributed by atoms with Gasteiger partial charge in [-0.3, -0.25) is 0 Å². The van der Waals surface area contributed by atoms with Crippen molar-refractivity contribution in [3.05, 3.63) is 101 Å². The van der Waals surface area contributed by atoms with Gasteiger partial charge in [-0.05, 0) is 54.0 Å². The molecule has 0 saturated carbocycles. The minimum atomic E-state index is -4.57. The highest BCUT2D eigenvalue weighted by Crippen LogP contribution is 2.43. The molecule has 3 nitrogen and oxygen atoms in total. The number of phenolic OH excluding ortho intramolecular Hbond substituents is 1. The Labute approximate surface area is 195 Å². The molecule has 7 heteroatoms. The number of hydrogen-bond donors (Lipinski definition) is 2. The molecule has 0 atom stereocenters. The molecule has 0 radical (unpaired) electrons. The van der Waals surface area contributed by atoms with Crippen LogP contribution in [0.4, 0.5) is 13.2 Å². The summed E-state index contributed by atoms with van der Waals surface area (Å²) in [4.78, 5) is 0. The maximum atomic E-state index is 13.2. The number of rotatable bonds is 7. The van der Waals surface area contributed by atoms with Crippen LogP contribution in [0.15, 0.2) is 79.0 Å². The Kier molecular flexibility index (Phi) is 7.39. The molecular formula is C26H23ClF3NO2. The zero-order chi connectivity index (χ0) is 24.2. The van der Waals surface area contributed by atoms with E-state index < -0.39 is 11.9 Å². The fraction of sp³-hybridized carbons (Fsp3) is 0.154. The average Bonchev–Trinajstić information content (AvgIpc) is 2.77. The third kappa shape index (κ3) is 5.90. The summed E-state index contributed by atoms with van der Waals surface area (Å²) in [6.07, 6.45) is -3.71. The van der Waals surface area contributed by atoms with Gasteiger partial charge in [0.05, 0.1) is 5.56 Å². The van der Waals surface area contributed by atoms with E-state index in [1.807, 2.05) is 43.3 Å². The Hall–Kier alpha value is -3.38. The van der Waals surface area contributed by atoms with E-state index in [0.717, 1.165) is 17.2 Å². The molecule has 0 aromatic heterocycles. The summed E-state index contributed by atoms with van der Waals surface area (Å²) >= 11 is 5.93. The van der Waals surface area contributed by atoms with E-state index in [9.17, 15) is 18.3 Å². The number of aromatic hydroxyl groups is 1. The summed E-state index contributed by atoms with van der Waals surface area (Å²) < 4.78 is 45.5. The van der Waals surface area contributed by atoms with Crippen molar-refractivity contribution >= 4 is 17.2 Å². The molecule has 0 unspecified atom stereocenters. The molecule has 0 amide bonds. The Morgan fingerprint density at radius 1 is 1.06 bits per heavy atom. The van der Waals surface area contributed by atoms with Gasteiger partial charge in [0, 0.05) is 17.6 Å². The molecule has 3 aromatic rings. The highest BCUT2D eigenvalue weighted by atomic mass is 35.5. The van der Waals surface area contributed by atoms with Crippen LogP contribution in [0.3, 0.4) is 0 Å². The van der Waals surface area contributed by atoms with E-state index in [0.29, 0.717) is 21.9 Å². The van der Waals surface area contributed by atoms with Gasteiger partial charge in [0.2, 0.25) is 0 Å². The maximum Gasteiger partial charge on any atom is 0.430 e. The molecule has 0 aliphatic rings. The van der Waals surface area contributed by atoms with E-state index in [4.69, 9.17) is 16.3 Å². The Morgan fingerprint density at radius 2 is 1.70 bits per heavy atom. The Morgan fingerprint density at radius 3 is 2.27 bits per heavy atom. The molecule has 0 aliphatic heterocycles. The molecule has 33 heavy (non-hydrogen) atoms. The molecule has 3 aromatic carbocycles. The summed E-state index contributed by atoms with van der Waals surface area (Å²) in [5, 5.41) is 13.8. The van der Waals surface area contributed by atoms with Crippen molar-refractivity contribution in [1.82, 2.24) is 5.32 Å². The van der Waals surface area contributed by atoms with Gasteiger partial charge in [-0.25, -0.2) is 0 Å². The number of aryl methyl sites for hydroxylation is 1. The first-order valence-corrected chi connectivity index (χ1v) is 10.4. The van der Waals surface area contributed by atoms with Crippen molar-refractivity contribution in [2.75, 3.05) is 7.05 Å². The van der Waals surface area contributed by atoms with Gasteiger partial charge < -0.3 is 15.2 Å². The monoisotopic (exact) mass is 473 g/mol. The minimum Gasteiger partial charge on any atom is -0.507 e. The predicted molar refractivity (Wildman–Crippen MR) is 126 cm³/mol. The van der Waals surface area contributed by atoms with Crippen LogP contribution in [0.2, 0.25) is 5.02 Å². The summed E-state index contributed by atoms with van der Waals surface area (Å²) in [6, 6.07) is 17.6. The van der Waals surface area contributed by atoms with Crippen LogP contribution in [-0.2, 0) is 6.61 Å². The average molecular weight is 474 g/mol. The standard InChI is InChI=1S/C26H23ClF3NO2/c1-16-4-8-19(9-5-16)24-22(33-15-18-6-10-20(27)11-7-18)13-12-21(25(24)32)17(2)14-23(31-3)26(28,29)30/h4-14,31-32H,2,15H2,1,3H3/b23-14-. The number of ether oxygens (including phenoxy) is 1. The van der Waals surface area contributed by atoms with Crippen LogP contribution >= 0.6 is 11.6 Å². The molecule has 0 fully saturated rings. The van der Waals surface area contributed by atoms with E-state index in [1.165, 1.54) is 13.1 Å². The first kappa shape index (κ1) is 24.3. The van der Waals surface area contributed by atoms with Crippen molar-refractivity contribution in [3.63, 3.8) is 0 Å². The normalized spacial score (nSPS) is 11.9. The minimum absolute atomic E-state index is 0.00629. The van der Waals surface area contributed by atoms with Crippen molar-refractivity contribution in [2.24, 2.45) is 0 Å². The predicted octanol–water partition coefficient (Wildman–Crippen LogP) is 7.28.